The number of nitrogens with two attached hydrogens (primary N) is 1. The molecule has 1 fully saturated rings. The Hall–Kier alpha value is -1.55. The minimum Gasteiger partial charge on any atom is -0.481 e. The lowest BCUT2D eigenvalue weighted by atomic mass is 9.86. The number of carboxylic acid groups (broad SMARTS) is 1. The molecule has 0 aromatic carbocycles. The number of hydrazine groups is 1. The van der Waals surface area contributed by atoms with Gasteiger partial charge in [-0.25, -0.2) is 5.84 Å². The van der Waals surface area contributed by atoms with E-state index in [4.69, 9.17) is 5.84 Å². The van der Waals surface area contributed by atoms with Crippen LogP contribution in [0.2, 0.25) is 0 Å². The fourth-order valence-electron chi connectivity index (χ4n) is 2.07. The molecule has 1 heterocycles. The van der Waals surface area contributed by atoms with Gasteiger partial charge in [0.15, 0.2) is 0 Å². The largest absolute Gasteiger partial charge is 0.481 e. The van der Waals surface area contributed by atoms with E-state index in [2.05, 4.69) is 6.58 Å². The Kier molecular flexibility index (Phi) is 3.07. The molecular weight excluding hydrogens is 228 g/mol. The maximum Gasteiger partial charge on any atom is 0.309 e. The number of nitrogens with zero attached hydrogens (tertiary/aromatic N) is 1. The van der Waals surface area contributed by atoms with E-state index in [0.717, 1.165) is 11.4 Å². The molecule has 0 unspecified atom stereocenters. The lowest BCUT2D eigenvalue weighted by molar-refractivity contribution is -0.147. The summed E-state index contributed by atoms with van der Waals surface area (Å²) >= 11 is 0. The third-order valence-electron chi connectivity index (χ3n) is 3.54. The van der Waals surface area contributed by atoms with Crippen molar-refractivity contribution in [2.24, 2.45) is 17.2 Å². The van der Waals surface area contributed by atoms with Crippen LogP contribution < -0.4 is 5.84 Å². The fraction of sp³-hybridized carbons (Fsp3) is 0.500. The molecule has 4 nitrogen and oxygen atoms in total. The van der Waals surface area contributed by atoms with Crippen molar-refractivity contribution in [3.05, 3.63) is 35.7 Å². The highest BCUT2D eigenvalue weighted by atomic mass is 16.4. The average molecular weight is 248 g/mol. The van der Waals surface area contributed by atoms with E-state index in [1.807, 2.05) is 12.2 Å². The van der Waals surface area contributed by atoms with Gasteiger partial charge in [0.25, 0.3) is 0 Å². The van der Waals surface area contributed by atoms with Crippen LogP contribution in [0.15, 0.2) is 35.7 Å². The molecule has 1 aliphatic heterocycles. The second-order valence-corrected chi connectivity index (χ2v) is 5.78. The van der Waals surface area contributed by atoms with Crippen LogP contribution in [0.5, 0.6) is 0 Å². The smallest absolute Gasteiger partial charge is 0.309 e. The molecular formula is C14H20N2O2. The van der Waals surface area contributed by atoms with Crippen LogP contribution in [-0.4, -0.2) is 16.1 Å². The summed E-state index contributed by atoms with van der Waals surface area (Å²) in [6.07, 6.45) is 6.83. The van der Waals surface area contributed by atoms with E-state index in [9.17, 15) is 9.90 Å². The van der Waals surface area contributed by atoms with Gasteiger partial charge in [-0.05, 0) is 50.3 Å². The summed E-state index contributed by atoms with van der Waals surface area (Å²) in [5, 5.41) is 10.7. The summed E-state index contributed by atoms with van der Waals surface area (Å²) in [5.41, 5.74) is 1.97. The molecule has 0 spiro atoms. The van der Waals surface area contributed by atoms with Crippen LogP contribution in [0, 0.1) is 11.3 Å². The molecule has 4 heteroatoms. The highest BCUT2D eigenvalue weighted by Crippen LogP contribution is 2.41. The summed E-state index contributed by atoms with van der Waals surface area (Å²) in [6, 6.07) is 0. The first-order valence-electron chi connectivity index (χ1n) is 6.20. The van der Waals surface area contributed by atoms with Gasteiger partial charge in [0.1, 0.15) is 0 Å². The molecule has 2 aliphatic rings. The van der Waals surface area contributed by atoms with E-state index in [0.29, 0.717) is 12.3 Å². The lowest BCUT2D eigenvalue weighted by Gasteiger charge is -2.31. The molecule has 1 saturated carbocycles. The van der Waals surface area contributed by atoms with Crippen molar-refractivity contribution in [1.82, 2.24) is 5.01 Å². The number of carbonyl (C=O) groups is 1. The molecule has 0 aromatic rings. The van der Waals surface area contributed by atoms with Gasteiger partial charge in [0, 0.05) is 12.1 Å². The Labute approximate surface area is 107 Å². The van der Waals surface area contributed by atoms with Crippen LogP contribution >= 0.6 is 0 Å². The second-order valence-electron chi connectivity index (χ2n) is 5.78. The maximum absolute atomic E-state index is 11.2. The molecule has 2 rings (SSSR count). The third-order valence-corrected chi connectivity index (χ3v) is 3.54. The van der Waals surface area contributed by atoms with Crippen LogP contribution in [0.3, 0.4) is 0 Å². The topological polar surface area (TPSA) is 66.6 Å². The van der Waals surface area contributed by atoms with E-state index in [-0.39, 0.29) is 0 Å². The number of hydrogen-bond acceptors (Lipinski definition) is 3. The van der Waals surface area contributed by atoms with Crippen LogP contribution in [0.25, 0.3) is 0 Å². The summed E-state index contributed by atoms with van der Waals surface area (Å²) in [5.74, 6) is 5.74. The average Bonchev–Trinajstić information content (AvgIpc) is 3.07. The summed E-state index contributed by atoms with van der Waals surface area (Å²) < 4.78 is 0. The van der Waals surface area contributed by atoms with Crippen molar-refractivity contribution in [2.75, 3.05) is 0 Å². The van der Waals surface area contributed by atoms with Gasteiger partial charge in [-0.1, -0.05) is 6.58 Å². The van der Waals surface area contributed by atoms with Gasteiger partial charge >= 0.3 is 5.97 Å². The minimum absolute atomic E-state index is 0.405. The van der Waals surface area contributed by atoms with E-state index >= 15 is 0 Å². The van der Waals surface area contributed by atoms with Gasteiger partial charge in [0.05, 0.1) is 11.1 Å². The number of aliphatic carboxylic acids is 1. The van der Waals surface area contributed by atoms with Crippen LogP contribution in [-0.2, 0) is 4.79 Å². The number of rotatable bonds is 4. The van der Waals surface area contributed by atoms with E-state index < -0.39 is 11.4 Å². The van der Waals surface area contributed by atoms with Gasteiger partial charge in [-0.3, -0.25) is 9.80 Å². The molecule has 3 N–H and O–H groups in total. The molecule has 0 radical (unpaired) electrons. The summed E-state index contributed by atoms with van der Waals surface area (Å²) in [4.78, 5) is 11.2. The monoisotopic (exact) mass is 248 g/mol. The van der Waals surface area contributed by atoms with Gasteiger partial charge < -0.3 is 5.11 Å². The number of allylic oxidation sites excluding steroid dienone is 4. The van der Waals surface area contributed by atoms with E-state index in [1.165, 1.54) is 23.4 Å². The molecule has 0 amide bonds. The molecule has 0 aromatic heterocycles. The second kappa shape index (κ2) is 4.28. The highest BCUT2D eigenvalue weighted by molar-refractivity contribution is 5.74. The molecule has 18 heavy (non-hydrogen) atoms. The predicted octanol–water partition coefficient (Wildman–Crippen LogP) is 2.41. The zero-order chi connectivity index (χ0) is 13.5. The SMILES string of the molecule is C=C1C=C(C2CC2)C=C(CC(C)(C)C(=O)O)N1N. The van der Waals surface area contributed by atoms with Crippen molar-refractivity contribution < 1.29 is 9.90 Å². The van der Waals surface area contributed by atoms with Crippen molar-refractivity contribution in [3.63, 3.8) is 0 Å². The zero-order valence-electron chi connectivity index (χ0n) is 10.9. The Morgan fingerprint density at radius 1 is 1.56 bits per heavy atom. The van der Waals surface area contributed by atoms with Crippen LogP contribution in [0.4, 0.5) is 0 Å². The Bertz CT molecular complexity index is 456. The first-order chi connectivity index (χ1) is 8.31. The van der Waals surface area contributed by atoms with E-state index in [1.54, 1.807) is 13.8 Å². The fourth-order valence-corrected chi connectivity index (χ4v) is 2.07. The maximum atomic E-state index is 11.2. The van der Waals surface area contributed by atoms with Gasteiger partial charge in [-0.2, -0.15) is 0 Å². The van der Waals surface area contributed by atoms with Gasteiger partial charge in [-0.15, -0.1) is 0 Å². The lowest BCUT2D eigenvalue weighted by Crippen LogP contribution is -2.35. The van der Waals surface area contributed by atoms with Crippen LogP contribution in [0.1, 0.15) is 33.1 Å². The molecule has 0 bridgehead atoms. The summed E-state index contributed by atoms with van der Waals surface area (Å²) in [7, 11) is 0. The van der Waals surface area contributed by atoms with Crippen molar-refractivity contribution in [3.8, 4) is 0 Å². The number of hydrogen-bond donors (Lipinski definition) is 2. The molecule has 0 atom stereocenters. The quantitative estimate of drug-likeness (QED) is 0.750. The first kappa shape index (κ1) is 12.9. The molecule has 98 valence electrons. The molecule has 1 aliphatic carbocycles. The zero-order valence-corrected chi connectivity index (χ0v) is 10.9. The van der Waals surface area contributed by atoms with Crippen molar-refractivity contribution in [1.29, 1.82) is 0 Å². The highest BCUT2D eigenvalue weighted by Gasteiger charge is 2.33. The van der Waals surface area contributed by atoms with Crippen molar-refractivity contribution in [2.45, 2.75) is 33.1 Å². The normalized spacial score (nSPS) is 20.6. The Morgan fingerprint density at radius 2 is 2.17 bits per heavy atom. The summed E-state index contributed by atoms with van der Waals surface area (Å²) in [6.45, 7) is 7.34. The first-order valence-corrected chi connectivity index (χ1v) is 6.20. The number of carboxylic acids is 1. The Morgan fingerprint density at radius 3 is 2.67 bits per heavy atom. The minimum atomic E-state index is -0.824. The van der Waals surface area contributed by atoms with Gasteiger partial charge in [0.2, 0.25) is 0 Å². The standard InChI is InChI=1S/C14H20N2O2/c1-9-6-11(10-4-5-10)7-12(16(9)15)8-14(2,3)13(17)18/h6-7,10H,1,4-5,8,15H2,2-3H3,(H,17,18). The van der Waals surface area contributed by atoms with Crippen molar-refractivity contribution >= 4 is 5.97 Å². The predicted molar refractivity (Wildman–Crippen MR) is 70.1 cm³/mol. The third kappa shape index (κ3) is 2.48. The molecule has 0 saturated heterocycles. The Balaban J connectivity index is 2.22.